The summed E-state index contributed by atoms with van der Waals surface area (Å²) in [6.45, 7) is 4.92. The van der Waals surface area contributed by atoms with Crippen LogP contribution in [0.4, 0.5) is 4.39 Å². The number of carbonyl (C=O) groups is 1. The monoisotopic (exact) mass is 342 g/mol. The molecule has 6 heteroatoms. The van der Waals surface area contributed by atoms with Crippen molar-refractivity contribution in [2.24, 2.45) is 5.92 Å². The minimum atomic E-state index is -0.224. The van der Waals surface area contributed by atoms with E-state index in [4.69, 9.17) is 4.74 Å². The molecule has 3 rings (SSSR count). The standard InChI is InChI=1S/C17H23FN2O2.ClH/c1-12-16(19-7-9-22-12)17(21)20-8-6-14(11-20)10-13-2-4-15(18)5-3-13;/h2-5,12,14,16,19H,6-11H2,1H3;1H/t12-,14?,16+;/m1./s1. The highest BCUT2D eigenvalue weighted by molar-refractivity contribution is 5.85. The third-order valence-electron chi connectivity index (χ3n) is 4.62. The lowest BCUT2D eigenvalue weighted by molar-refractivity contribution is -0.138. The minimum Gasteiger partial charge on any atom is -0.375 e. The molecule has 0 saturated carbocycles. The Kier molecular flexibility index (Phi) is 6.39. The molecular weight excluding hydrogens is 319 g/mol. The van der Waals surface area contributed by atoms with E-state index in [0.717, 1.165) is 38.0 Å². The van der Waals surface area contributed by atoms with E-state index in [0.29, 0.717) is 12.5 Å². The molecule has 23 heavy (non-hydrogen) atoms. The quantitative estimate of drug-likeness (QED) is 0.913. The zero-order chi connectivity index (χ0) is 15.5. The molecule has 0 aliphatic carbocycles. The first-order valence-electron chi connectivity index (χ1n) is 8.01. The van der Waals surface area contributed by atoms with Gasteiger partial charge in [0, 0.05) is 19.6 Å². The number of carbonyl (C=O) groups excluding carboxylic acids is 1. The molecule has 2 aliphatic heterocycles. The van der Waals surface area contributed by atoms with Crippen LogP contribution in [0.5, 0.6) is 0 Å². The largest absolute Gasteiger partial charge is 0.375 e. The van der Waals surface area contributed by atoms with Crippen LogP contribution in [0.25, 0.3) is 0 Å². The molecule has 2 aliphatic rings. The zero-order valence-electron chi connectivity index (χ0n) is 13.3. The van der Waals surface area contributed by atoms with Crippen molar-refractivity contribution < 1.29 is 13.9 Å². The number of amides is 1. The summed E-state index contributed by atoms with van der Waals surface area (Å²) in [5.41, 5.74) is 1.13. The van der Waals surface area contributed by atoms with Gasteiger partial charge < -0.3 is 15.0 Å². The molecule has 2 saturated heterocycles. The molecule has 1 aromatic rings. The number of nitrogens with one attached hydrogen (secondary N) is 1. The van der Waals surface area contributed by atoms with Gasteiger partial charge in [0.1, 0.15) is 11.9 Å². The Balaban J connectivity index is 0.00000192. The number of rotatable bonds is 3. The average molecular weight is 343 g/mol. The van der Waals surface area contributed by atoms with Crippen LogP contribution >= 0.6 is 12.4 Å². The van der Waals surface area contributed by atoms with Crippen LogP contribution in [0.15, 0.2) is 24.3 Å². The van der Waals surface area contributed by atoms with Gasteiger partial charge in [0.05, 0.1) is 12.7 Å². The van der Waals surface area contributed by atoms with Gasteiger partial charge >= 0.3 is 0 Å². The van der Waals surface area contributed by atoms with Gasteiger partial charge in [-0.05, 0) is 43.4 Å². The maximum absolute atomic E-state index is 12.9. The molecule has 2 fully saturated rings. The van der Waals surface area contributed by atoms with Crippen molar-refractivity contribution in [1.82, 2.24) is 10.2 Å². The summed E-state index contributed by atoms with van der Waals surface area (Å²) in [5, 5.41) is 3.26. The highest BCUT2D eigenvalue weighted by Gasteiger charge is 2.35. The van der Waals surface area contributed by atoms with Crippen molar-refractivity contribution in [2.75, 3.05) is 26.2 Å². The number of nitrogens with zero attached hydrogens (tertiary/aromatic N) is 1. The summed E-state index contributed by atoms with van der Waals surface area (Å²) in [7, 11) is 0. The van der Waals surface area contributed by atoms with Crippen molar-refractivity contribution >= 4 is 18.3 Å². The molecule has 4 nitrogen and oxygen atoms in total. The third kappa shape index (κ3) is 4.43. The Morgan fingerprint density at radius 3 is 2.83 bits per heavy atom. The smallest absolute Gasteiger partial charge is 0.242 e. The van der Waals surface area contributed by atoms with Crippen LogP contribution in [-0.2, 0) is 16.0 Å². The van der Waals surface area contributed by atoms with Crippen LogP contribution in [0.1, 0.15) is 18.9 Å². The first kappa shape index (κ1) is 18.2. The van der Waals surface area contributed by atoms with Gasteiger partial charge in [0.15, 0.2) is 0 Å². The second kappa shape index (κ2) is 8.08. The third-order valence-corrected chi connectivity index (χ3v) is 4.62. The SMILES string of the molecule is C[C@H]1OCCN[C@@H]1C(=O)N1CCC(Cc2ccc(F)cc2)C1.Cl. The predicted octanol–water partition coefficient (Wildman–Crippen LogP) is 2.02. The van der Waals surface area contributed by atoms with Gasteiger partial charge in [-0.15, -0.1) is 12.4 Å². The average Bonchev–Trinajstić information content (AvgIpc) is 2.98. The van der Waals surface area contributed by atoms with Gasteiger partial charge in [-0.25, -0.2) is 4.39 Å². The van der Waals surface area contributed by atoms with Crippen LogP contribution in [0, 0.1) is 11.7 Å². The van der Waals surface area contributed by atoms with Gasteiger partial charge in [0.25, 0.3) is 0 Å². The molecule has 0 spiro atoms. The van der Waals surface area contributed by atoms with Crippen LogP contribution in [0.3, 0.4) is 0 Å². The molecule has 1 N–H and O–H groups in total. The van der Waals surface area contributed by atoms with E-state index in [1.807, 2.05) is 24.0 Å². The van der Waals surface area contributed by atoms with E-state index in [2.05, 4.69) is 5.32 Å². The molecule has 1 aromatic carbocycles. The second-order valence-corrected chi connectivity index (χ2v) is 6.28. The van der Waals surface area contributed by atoms with E-state index in [9.17, 15) is 9.18 Å². The van der Waals surface area contributed by atoms with Crippen molar-refractivity contribution in [1.29, 1.82) is 0 Å². The normalized spacial score (nSPS) is 27.6. The lowest BCUT2D eigenvalue weighted by atomic mass is 9.99. The number of halogens is 2. The van der Waals surface area contributed by atoms with Crippen molar-refractivity contribution in [2.45, 2.75) is 31.9 Å². The summed E-state index contributed by atoms with van der Waals surface area (Å²) >= 11 is 0. The van der Waals surface area contributed by atoms with Gasteiger partial charge in [0.2, 0.25) is 5.91 Å². The fourth-order valence-corrected chi connectivity index (χ4v) is 3.36. The van der Waals surface area contributed by atoms with Crippen molar-refractivity contribution in [3.63, 3.8) is 0 Å². The number of morpholine rings is 1. The lowest BCUT2D eigenvalue weighted by Crippen LogP contribution is -2.56. The summed E-state index contributed by atoms with van der Waals surface area (Å²) in [4.78, 5) is 14.5. The number of likely N-dealkylation sites (tertiary alicyclic amines) is 1. The summed E-state index contributed by atoms with van der Waals surface area (Å²) in [5.74, 6) is 0.396. The Morgan fingerprint density at radius 2 is 2.13 bits per heavy atom. The van der Waals surface area contributed by atoms with Crippen molar-refractivity contribution in [3.05, 3.63) is 35.6 Å². The summed E-state index contributed by atoms with van der Waals surface area (Å²) in [6, 6.07) is 6.44. The highest BCUT2D eigenvalue weighted by Crippen LogP contribution is 2.22. The van der Waals surface area contributed by atoms with Crippen LogP contribution < -0.4 is 5.32 Å². The second-order valence-electron chi connectivity index (χ2n) is 6.28. The molecule has 1 amide bonds. The highest BCUT2D eigenvalue weighted by atomic mass is 35.5. The molecule has 3 atom stereocenters. The van der Waals surface area contributed by atoms with E-state index < -0.39 is 0 Å². The fourth-order valence-electron chi connectivity index (χ4n) is 3.36. The molecule has 1 unspecified atom stereocenters. The molecule has 0 radical (unpaired) electrons. The molecule has 128 valence electrons. The molecular formula is C17H24ClFN2O2. The Hall–Kier alpha value is -1.17. The van der Waals surface area contributed by atoms with Crippen LogP contribution in [0.2, 0.25) is 0 Å². The van der Waals surface area contributed by atoms with E-state index >= 15 is 0 Å². The fraction of sp³-hybridized carbons (Fsp3) is 0.588. The first-order valence-corrected chi connectivity index (χ1v) is 8.01. The number of hydrogen-bond donors (Lipinski definition) is 1. The Bertz CT molecular complexity index is 526. The summed E-state index contributed by atoms with van der Waals surface area (Å²) < 4.78 is 18.5. The topological polar surface area (TPSA) is 41.6 Å². The van der Waals surface area contributed by atoms with E-state index in [1.54, 1.807) is 0 Å². The maximum Gasteiger partial charge on any atom is 0.242 e. The number of ether oxygens (including phenoxy) is 1. The Morgan fingerprint density at radius 1 is 1.39 bits per heavy atom. The maximum atomic E-state index is 12.9. The van der Waals surface area contributed by atoms with E-state index in [1.165, 1.54) is 12.1 Å². The number of hydrogen-bond acceptors (Lipinski definition) is 3. The van der Waals surface area contributed by atoms with Crippen molar-refractivity contribution in [3.8, 4) is 0 Å². The minimum absolute atomic E-state index is 0. The first-order chi connectivity index (χ1) is 10.6. The molecule has 0 aromatic heterocycles. The Labute approximate surface area is 142 Å². The summed E-state index contributed by atoms with van der Waals surface area (Å²) in [6.07, 6.45) is 1.83. The van der Waals surface area contributed by atoms with Gasteiger partial charge in [-0.2, -0.15) is 0 Å². The van der Waals surface area contributed by atoms with E-state index in [-0.39, 0.29) is 36.3 Å². The lowest BCUT2D eigenvalue weighted by Gasteiger charge is -2.32. The van der Waals surface area contributed by atoms with Gasteiger partial charge in [-0.1, -0.05) is 12.1 Å². The van der Waals surface area contributed by atoms with Gasteiger partial charge in [-0.3, -0.25) is 4.79 Å². The predicted molar refractivity (Wildman–Crippen MR) is 89.2 cm³/mol. The molecule has 0 bridgehead atoms. The molecule has 2 heterocycles. The number of benzene rings is 1. The van der Waals surface area contributed by atoms with Crippen LogP contribution in [-0.4, -0.2) is 49.2 Å². The zero-order valence-corrected chi connectivity index (χ0v) is 14.2.